The molecule has 1 N–H and O–H groups in total. The van der Waals surface area contributed by atoms with Crippen LogP contribution in [0.3, 0.4) is 0 Å². The van der Waals surface area contributed by atoms with Crippen LogP contribution >= 0.6 is 0 Å². The largest absolute Gasteiger partial charge is 0.454 e. The van der Waals surface area contributed by atoms with Gasteiger partial charge in [0.25, 0.3) is 5.91 Å². The monoisotopic (exact) mass is 348 g/mol. The van der Waals surface area contributed by atoms with Crippen LogP contribution in [-0.4, -0.2) is 25.5 Å². The number of oxime groups is 1. The Bertz CT molecular complexity index is 984. The predicted octanol–water partition coefficient (Wildman–Crippen LogP) is 3.56. The number of amides is 1. The number of ether oxygens (including phenoxy) is 2. The van der Waals surface area contributed by atoms with Crippen LogP contribution in [0.15, 0.2) is 65.8 Å². The minimum Gasteiger partial charge on any atom is -0.454 e. The highest BCUT2D eigenvalue weighted by Gasteiger charge is 2.12. The van der Waals surface area contributed by atoms with Crippen LogP contribution < -0.4 is 14.8 Å². The Morgan fingerprint density at radius 1 is 1.04 bits per heavy atom. The lowest BCUT2D eigenvalue weighted by molar-refractivity contribution is -0.120. The number of carbonyl (C=O) groups excluding carboxylic acids is 1. The zero-order chi connectivity index (χ0) is 17.8. The van der Waals surface area contributed by atoms with Gasteiger partial charge in [-0.05, 0) is 41.1 Å². The zero-order valence-electron chi connectivity index (χ0n) is 13.8. The van der Waals surface area contributed by atoms with E-state index < -0.39 is 0 Å². The van der Waals surface area contributed by atoms with Gasteiger partial charge in [0.1, 0.15) is 0 Å². The third-order valence-corrected chi connectivity index (χ3v) is 3.90. The number of fused-ring (bicyclic) bond motifs is 2. The Morgan fingerprint density at radius 3 is 2.81 bits per heavy atom. The van der Waals surface area contributed by atoms with Crippen molar-refractivity contribution in [2.24, 2.45) is 5.16 Å². The summed E-state index contributed by atoms with van der Waals surface area (Å²) < 4.78 is 10.5. The molecule has 1 aliphatic rings. The molecular weight excluding hydrogens is 332 g/mol. The highest BCUT2D eigenvalue weighted by Crippen LogP contribution is 2.31. The van der Waals surface area contributed by atoms with Crippen molar-refractivity contribution in [1.29, 1.82) is 0 Å². The van der Waals surface area contributed by atoms with Crippen molar-refractivity contribution < 1.29 is 19.1 Å². The van der Waals surface area contributed by atoms with Gasteiger partial charge < -0.3 is 19.6 Å². The first kappa shape index (κ1) is 16.0. The minimum atomic E-state index is -0.275. The topological polar surface area (TPSA) is 69.2 Å². The summed E-state index contributed by atoms with van der Waals surface area (Å²) in [5.74, 6) is 1.10. The molecule has 26 heavy (non-hydrogen) atoms. The molecule has 1 amide bonds. The van der Waals surface area contributed by atoms with Crippen molar-refractivity contribution in [3.63, 3.8) is 0 Å². The number of nitrogens with zero attached hydrogens (tertiary/aromatic N) is 1. The number of carbonyl (C=O) groups is 1. The molecule has 4 rings (SSSR count). The van der Waals surface area contributed by atoms with E-state index in [-0.39, 0.29) is 19.3 Å². The van der Waals surface area contributed by atoms with Crippen molar-refractivity contribution in [1.82, 2.24) is 0 Å². The van der Waals surface area contributed by atoms with Gasteiger partial charge in [-0.1, -0.05) is 35.5 Å². The molecule has 6 heteroatoms. The van der Waals surface area contributed by atoms with Crippen LogP contribution in [0.25, 0.3) is 10.8 Å². The molecule has 1 aliphatic heterocycles. The van der Waals surface area contributed by atoms with Crippen LogP contribution in [0.4, 0.5) is 5.69 Å². The summed E-state index contributed by atoms with van der Waals surface area (Å²) in [5, 5.41) is 8.79. The maximum Gasteiger partial charge on any atom is 0.265 e. The van der Waals surface area contributed by atoms with Crippen molar-refractivity contribution in [3.8, 4) is 11.5 Å². The summed E-state index contributed by atoms with van der Waals surface area (Å²) >= 11 is 0. The van der Waals surface area contributed by atoms with Gasteiger partial charge in [-0.25, -0.2) is 0 Å². The number of hydrogen-bond donors (Lipinski definition) is 1. The van der Waals surface area contributed by atoms with Crippen LogP contribution in [0.2, 0.25) is 0 Å². The first-order chi connectivity index (χ1) is 12.8. The van der Waals surface area contributed by atoms with E-state index in [4.69, 9.17) is 14.3 Å². The van der Waals surface area contributed by atoms with Crippen LogP contribution in [0.5, 0.6) is 11.5 Å². The predicted molar refractivity (Wildman–Crippen MR) is 98.7 cm³/mol. The molecule has 3 aromatic rings. The fourth-order valence-electron chi connectivity index (χ4n) is 2.65. The van der Waals surface area contributed by atoms with Crippen LogP contribution in [0, 0.1) is 0 Å². The van der Waals surface area contributed by atoms with Crippen molar-refractivity contribution >= 4 is 28.6 Å². The molecule has 0 atom stereocenters. The molecule has 0 unspecified atom stereocenters. The molecule has 0 bridgehead atoms. The summed E-state index contributed by atoms with van der Waals surface area (Å²) in [7, 11) is 0. The lowest BCUT2D eigenvalue weighted by Gasteiger charge is -2.06. The molecule has 0 saturated heterocycles. The Morgan fingerprint density at radius 2 is 1.88 bits per heavy atom. The highest BCUT2D eigenvalue weighted by atomic mass is 16.7. The SMILES string of the molecule is O=C(CO/N=C\c1ccc2c(c1)OCO2)Nc1ccc2ccccc2c1. The smallest absolute Gasteiger partial charge is 0.265 e. The maximum atomic E-state index is 12.0. The Hall–Kier alpha value is -3.54. The molecule has 0 fully saturated rings. The van der Waals surface area contributed by atoms with Gasteiger partial charge in [-0.15, -0.1) is 0 Å². The lowest BCUT2D eigenvalue weighted by atomic mass is 10.1. The molecule has 0 aliphatic carbocycles. The maximum absolute atomic E-state index is 12.0. The summed E-state index contributed by atoms with van der Waals surface area (Å²) in [6, 6.07) is 19.1. The average Bonchev–Trinajstić information content (AvgIpc) is 3.13. The summed E-state index contributed by atoms with van der Waals surface area (Å²) in [4.78, 5) is 17.0. The average molecular weight is 348 g/mol. The number of benzene rings is 3. The zero-order valence-corrected chi connectivity index (χ0v) is 13.8. The van der Waals surface area contributed by atoms with Crippen molar-refractivity contribution in [2.45, 2.75) is 0 Å². The van der Waals surface area contributed by atoms with Gasteiger partial charge in [0, 0.05) is 11.3 Å². The van der Waals surface area contributed by atoms with Gasteiger partial charge in [0.2, 0.25) is 6.79 Å². The highest BCUT2D eigenvalue weighted by molar-refractivity contribution is 5.95. The molecule has 130 valence electrons. The summed E-state index contributed by atoms with van der Waals surface area (Å²) in [6.07, 6.45) is 1.52. The lowest BCUT2D eigenvalue weighted by Crippen LogP contribution is -2.16. The number of nitrogens with one attached hydrogen (secondary N) is 1. The van der Waals surface area contributed by atoms with E-state index in [0.29, 0.717) is 11.5 Å². The molecule has 1 heterocycles. The number of hydrogen-bond acceptors (Lipinski definition) is 5. The molecule has 0 saturated carbocycles. The van der Waals surface area contributed by atoms with E-state index >= 15 is 0 Å². The van der Waals surface area contributed by atoms with Gasteiger partial charge in [0.15, 0.2) is 18.1 Å². The standard InChI is InChI=1S/C20H16N2O4/c23-20(22-17-7-6-15-3-1-2-4-16(15)10-17)12-26-21-11-14-5-8-18-19(9-14)25-13-24-18/h1-11H,12-13H2,(H,22,23)/b21-11-. The first-order valence-electron chi connectivity index (χ1n) is 8.11. The molecule has 6 nitrogen and oxygen atoms in total. The normalized spacial score (nSPS) is 12.5. The summed E-state index contributed by atoms with van der Waals surface area (Å²) in [5.41, 5.74) is 1.52. The second kappa shape index (κ2) is 7.14. The fourth-order valence-corrected chi connectivity index (χ4v) is 2.65. The van der Waals surface area contributed by atoms with Crippen molar-refractivity contribution in [3.05, 3.63) is 66.2 Å². The van der Waals surface area contributed by atoms with E-state index in [2.05, 4.69) is 10.5 Å². The van der Waals surface area contributed by atoms with Gasteiger partial charge in [0.05, 0.1) is 6.21 Å². The van der Waals surface area contributed by atoms with E-state index in [1.807, 2.05) is 48.5 Å². The second-order valence-corrected chi connectivity index (χ2v) is 5.73. The molecule has 0 spiro atoms. The Balaban J connectivity index is 1.30. The summed E-state index contributed by atoms with van der Waals surface area (Å²) in [6.45, 7) is 0.0508. The Labute approximate surface area is 150 Å². The molecule has 0 radical (unpaired) electrons. The van der Waals surface area contributed by atoms with Gasteiger partial charge >= 0.3 is 0 Å². The molecule has 0 aromatic heterocycles. The third-order valence-electron chi connectivity index (χ3n) is 3.90. The van der Waals surface area contributed by atoms with Gasteiger partial charge in [-0.2, -0.15) is 0 Å². The number of anilines is 1. The first-order valence-corrected chi connectivity index (χ1v) is 8.11. The quantitative estimate of drug-likeness (QED) is 0.565. The Kier molecular flexibility index (Phi) is 4.38. The van der Waals surface area contributed by atoms with E-state index in [0.717, 1.165) is 22.0 Å². The molecule has 3 aromatic carbocycles. The van der Waals surface area contributed by atoms with E-state index in [9.17, 15) is 4.79 Å². The third kappa shape index (κ3) is 3.59. The second-order valence-electron chi connectivity index (χ2n) is 5.73. The minimum absolute atomic E-state index is 0.173. The van der Waals surface area contributed by atoms with Crippen molar-refractivity contribution in [2.75, 3.05) is 18.7 Å². The van der Waals surface area contributed by atoms with Crippen LogP contribution in [-0.2, 0) is 9.63 Å². The van der Waals surface area contributed by atoms with E-state index in [1.54, 1.807) is 12.1 Å². The fraction of sp³-hybridized carbons (Fsp3) is 0.100. The van der Waals surface area contributed by atoms with Crippen LogP contribution in [0.1, 0.15) is 5.56 Å². The van der Waals surface area contributed by atoms with E-state index in [1.165, 1.54) is 6.21 Å². The van der Waals surface area contributed by atoms with Gasteiger partial charge in [-0.3, -0.25) is 4.79 Å². The number of rotatable bonds is 5. The molecular formula is C20H16N2O4.